The van der Waals surface area contributed by atoms with Crippen molar-refractivity contribution in [3.63, 3.8) is 0 Å². The first-order chi connectivity index (χ1) is 11.5. The summed E-state index contributed by atoms with van der Waals surface area (Å²) in [7, 11) is 0. The molecule has 2 aromatic rings. The quantitative estimate of drug-likeness (QED) is 0.837. The molecule has 5 nitrogen and oxygen atoms in total. The molecule has 1 amide bonds. The van der Waals surface area contributed by atoms with Crippen LogP contribution in [0.5, 0.6) is 0 Å². The number of carbonyl (C=O) groups is 1. The van der Waals surface area contributed by atoms with E-state index in [1.165, 1.54) is 11.3 Å². The van der Waals surface area contributed by atoms with Crippen LogP contribution in [-0.2, 0) is 9.53 Å². The Hall–Kier alpha value is -1.28. The summed E-state index contributed by atoms with van der Waals surface area (Å²) in [5.41, 5.74) is 1.90. The van der Waals surface area contributed by atoms with Crippen LogP contribution in [0, 0.1) is 0 Å². The number of nitrogens with zero attached hydrogens (tertiary/aromatic N) is 2. The molecule has 1 saturated heterocycles. The molecule has 0 bridgehead atoms. The number of anilines is 1. The molecule has 0 spiro atoms. The molecule has 0 aliphatic carbocycles. The lowest BCUT2D eigenvalue weighted by molar-refractivity contribution is -0.121. The van der Waals surface area contributed by atoms with E-state index in [4.69, 9.17) is 4.74 Å². The number of benzene rings is 1. The van der Waals surface area contributed by atoms with Crippen LogP contribution in [0.15, 0.2) is 34.1 Å². The zero-order chi connectivity index (χ0) is 17.1. The Morgan fingerprint density at radius 2 is 2.00 bits per heavy atom. The summed E-state index contributed by atoms with van der Waals surface area (Å²) in [5.74, 6) is -0.0343. The second-order valence-electron chi connectivity index (χ2n) is 6.04. The summed E-state index contributed by atoms with van der Waals surface area (Å²) < 4.78 is 6.72. The minimum Gasteiger partial charge on any atom is -0.373 e. The molecule has 24 heavy (non-hydrogen) atoms. The van der Waals surface area contributed by atoms with Gasteiger partial charge in [0.1, 0.15) is 0 Å². The smallest absolute Gasteiger partial charge is 0.240 e. The number of rotatable bonds is 4. The lowest BCUT2D eigenvalue weighted by Gasteiger charge is -2.34. The van der Waals surface area contributed by atoms with E-state index in [1.54, 1.807) is 0 Å². The highest BCUT2D eigenvalue weighted by Gasteiger charge is 2.23. The molecule has 1 aliphatic rings. The Bertz CT molecular complexity index is 694. The fourth-order valence-corrected chi connectivity index (χ4v) is 3.86. The standard InChI is InChI=1S/C17H20BrN3O2S/c1-11-7-21(8-12(2)23-11)9-16(22)20-17-19-15(10-24-17)13-3-5-14(18)6-4-13/h3-6,10-12H,7-9H2,1-2H3,(H,19,20,22). The van der Waals surface area contributed by atoms with Gasteiger partial charge in [-0.3, -0.25) is 9.69 Å². The van der Waals surface area contributed by atoms with Gasteiger partial charge in [0.05, 0.1) is 24.4 Å². The third-order valence-electron chi connectivity index (χ3n) is 3.75. The molecule has 3 rings (SSSR count). The van der Waals surface area contributed by atoms with Gasteiger partial charge in [-0.1, -0.05) is 28.1 Å². The fourth-order valence-electron chi connectivity index (χ4n) is 2.86. The highest BCUT2D eigenvalue weighted by molar-refractivity contribution is 9.10. The predicted octanol–water partition coefficient (Wildman–Crippen LogP) is 3.62. The van der Waals surface area contributed by atoms with Crippen LogP contribution < -0.4 is 5.32 Å². The van der Waals surface area contributed by atoms with Crippen molar-refractivity contribution in [3.8, 4) is 11.3 Å². The molecular weight excluding hydrogens is 390 g/mol. The maximum Gasteiger partial charge on any atom is 0.240 e. The second-order valence-corrected chi connectivity index (χ2v) is 7.82. The average Bonchev–Trinajstić information content (AvgIpc) is 2.95. The van der Waals surface area contributed by atoms with Crippen LogP contribution in [-0.4, -0.2) is 47.6 Å². The van der Waals surface area contributed by atoms with Crippen LogP contribution in [0.3, 0.4) is 0 Å². The molecule has 2 heterocycles. The van der Waals surface area contributed by atoms with Crippen molar-refractivity contribution in [1.29, 1.82) is 0 Å². The van der Waals surface area contributed by atoms with E-state index in [0.717, 1.165) is 28.8 Å². The molecule has 2 atom stereocenters. The number of ether oxygens (including phenoxy) is 1. The second kappa shape index (κ2) is 7.74. The Balaban J connectivity index is 1.58. The van der Waals surface area contributed by atoms with Crippen molar-refractivity contribution in [2.24, 2.45) is 0 Å². The highest BCUT2D eigenvalue weighted by Crippen LogP contribution is 2.26. The van der Waals surface area contributed by atoms with E-state index in [0.29, 0.717) is 11.7 Å². The summed E-state index contributed by atoms with van der Waals surface area (Å²) in [5, 5.41) is 5.48. The first-order valence-corrected chi connectivity index (χ1v) is 9.56. The van der Waals surface area contributed by atoms with Gasteiger partial charge in [-0.15, -0.1) is 11.3 Å². The van der Waals surface area contributed by atoms with Gasteiger partial charge < -0.3 is 10.1 Å². The maximum absolute atomic E-state index is 12.3. The number of carbonyl (C=O) groups excluding carboxylic acids is 1. The summed E-state index contributed by atoms with van der Waals surface area (Å²) in [6.07, 6.45) is 0.316. The van der Waals surface area contributed by atoms with Crippen molar-refractivity contribution in [1.82, 2.24) is 9.88 Å². The van der Waals surface area contributed by atoms with Crippen molar-refractivity contribution in [3.05, 3.63) is 34.1 Å². The van der Waals surface area contributed by atoms with Gasteiger partial charge in [-0.05, 0) is 26.0 Å². The minimum absolute atomic E-state index is 0.0343. The first kappa shape index (κ1) is 17.5. The van der Waals surface area contributed by atoms with Crippen molar-refractivity contribution < 1.29 is 9.53 Å². The molecule has 1 fully saturated rings. The Morgan fingerprint density at radius 1 is 1.33 bits per heavy atom. The summed E-state index contributed by atoms with van der Waals surface area (Å²) in [4.78, 5) is 18.9. The highest BCUT2D eigenvalue weighted by atomic mass is 79.9. The average molecular weight is 410 g/mol. The van der Waals surface area contributed by atoms with E-state index >= 15 is 0 Å². The van der Waals surface area contributed by atoms with Crippen LogP contribution in [0.1, 0.15) is 13.8 Å². The van der Waals surface area contributed by atoms with Crippen molar-refractivity contribution in [2.45, 2.75) is 26.1 Å². The normalized spacial score (nSPS) is 21.6. The fraction of sp³-hybridized carbons (Fsp3) is 0.412. The number of morpholine rings is 1. The van der Waals surface area contributed by atoms with Gasteiger partial charge in [0.15, 0.2) is 5.13 Å². The van der Waals surface area contributed by atoms with Gasteiger partial charge >= 0.3 is 0 Å². The van der Waals surface area contributed by atoms with Crippen LogP contribution in [0.25, 0.3) is 11.3 Å². The monoisotopic (exact) mass is 409 g/mol. The van der Waals surface area contributed by atoms with E-state index < -0.39 is 0 Å². The Morgan fingerprint density at radius 3 is 2.67 bits per heavy atom. The number of hydrogen-bond donors (Lipinski definition) is 1. The molecule has 7 heteroatoms. The molecule has 0 radical (unpaired) electrons. The molecule has 0 saturated carbocycles. The molecule has 1 aliphatic heterocycles. The number of hydrogen-bond acceptors (Lipinski definition) is 5. The number of nitrogens with one attached hydrogen (secondary N) is 1. The number of halogens is 1. The van der Waals surface area contributed by atoms with E-state index in [1.807, 2.05) is 43.5 Å². The molecule has 1 aromatic carbocycles. The Kier molecular flexibility index (Phi) is 5.65. The predicted molar refractivity (Wildman–Crippen MR) is 100 cm³/mol. The van der Waals surface area contributed by atoms with Crippen LogP contribution in [0.2, 0.25) is 0 Å². The van der Waals surface area contributed by atoms with Gasteiger partial charge in [-0.25, -0.2) is 4.98 Å². The molecular formula is C17H20BrN3O2S. The summed E-state index contributed by atoms with van der Waals surface area (Å²) >= 11 is 4.87. The zero-order valence-electron chi connectivity index (χ0n) is 13.7. The molecule has 2 unspecified atom stereocenters. The lowest BCUT2D eigenvalue weighted by atomic mass is 10.2. The minimum atomic E-state index is -0.0343. The van der Waals surface area contributed by atoms with E-state index in [-0.39, 0.29) is 18.1 Å². The number of aromatic nitrogens is 1. The van der Waals surface area contributed by atoms with Crippen LogP contribution in [0.4, 0.5) is 5.13 Å². The van der Waals surface area contributed by atoms with Gasteiger partial charge in [-0.2, -0.15) is 0 Å². The molecule has 1 aromatic heterocycles. The number of thiazole rings is 1. The summed E-state index contributed by atoms with van der Waals surface area (Å²) in [6.45, 7) is 5.99. The van der Waals surface area contributed by atoms with Gasteiger partial charge in [0.2, 0.25) is 5.91 Å². The first-order valence-electron chi connectivity index (χ1n) is 7.89. The number of amides is 1. The topological polar surface area (TPSA) is 54.5 Å². The van der Waals surface area contributed by atoms with Gasteiger partial charge in [0.25, 0.3) is 0 Å². The molecule has 1 N–H and O–H groups in total. The lowest BCUT2D eigenvalue weighted by Crippen LogP contribution is -2.48. The molecule has 128 valence electrons. The van der Waals surface area contributed by atoms with E-state index in [9.17, 15) is 4.79 Å². The SMILES string of the molecule is CC1CN(CC(=O)Nc2nc(-c3ccc(Br)cc3)cs2)CC(C)O1. The van der Waals surface area contributed by atoms with E-state index in [2.05, 4.69) is 31.1 Å². The maximum atomic E-state index is 12.3. The largest absolute Gasteiger partial charge is 0.373 e. The van der Waals surface area contributed by atoms with Gasteiger partial charge in [0, 0.05) is 28.5 Å². The Labute approximate surface area is 154 Å². The van der Waals surface area contributed by atoms with Crippen molar-refractivity contribution >= 4 is 38.3 Å². The van der Waals surface area contributed by atoms with Crippen molar-refractivity contribution in [2.75, 3.05) is 25.0 Å². The van der Waals surface area contributed by atoms with Crippen LogP contribution >= 0.6 is 27.3 Å². The third-order valence-corrected chi connectivity index (χ3v) is 5.04. The third kappa shape index (κ3) is 4.63. The summed E-state index contributed by atoms with van der Waals surface area (Å²) in [6, 6.07) is 7.96. The zero-order valence-corrected chi connectivity index (χ0v) is 16.1.